The van der Waals surface area contributed by atoms with E-state index in [0.29, 0.717) is 10.6 Å². The van der Waals surface area contributed by atoms with Crippen molar-refractivity contribution in [2.24, 2.45) is 0 Å². The van der Waals surface area contributed by atoms with Gasteiger partial charge in [0.05, 0.1) is 9.82 Å². The Kier molecular flexibility index (Phi) is 3.61. The Morgan fingerprint density at radius 1 is 1.14 bits per heavy atom. The van der Waals surface area contributed by atoms with Crippen LogP contribution in [0.4, 0.5) is 5.69 Å². The van der Waals surface area contributed by atoms with Gasteiger partial charge in [-0.25, -0.2) is 8.42 Å². The van der Waals surface area contributed by atoms with E-state index in [-0.39, 0.29) is 10.6 Å². The van der Waals surface area contributed by atoms with E-state index in [1.54, 1.807) is 24.3 Å². The van der Waals surface area contributed by atoms with E-state index < -0.39 is 21.2 Å². The van der Waals surface area contributed by atoms with Crippen LogP contribution in [0.3, 0.4) is 0 Å². The van der Waals surface area contributed by atoms with Gasteiger partial charge in [-0.2, -0.15) is 0 Å². The molecule has 1 saturated heterocycles. The van der Waals surface area contributed by atoms with Crippen LogP contribution in [-0.2, 0) is 14.9 Å². The number of rotatable bonds is 4. The minimum Gasteiger partial charge on any atom is -0.258 e. The maximum absolute atomic E-state index is 12.4. The zero-order valence-electron chi connectivity index (χ0n) is 10.9. The second-order valence-corrected chi connectivity index (χ2v) is 6.68. The molecule has 0 radical (unpaired) electrons. The Hall–Kier alpha value is -2.00. The summed E-state index contributed by atoms with van der Waals surface area (Å²) in [6, 6.07) is 11.3. The van der Waals surface area contributed by atoms with Gasteiger partial charge in [0, 0.05) is 22.7 Å². The molecule has 22 heavy (non-hydrogen) atoms. The third kappa shape index (κ3) is 2.57. The van der Waals surface area contributed by atoms with Crippen molar-refractivity contribution >= 4 is 27.3 Å². The van der Waals surface area contributed by atoms with Crippen LogP contribution in [0.15, 0.2) is 53.4 Å². The van der Waals surface area contributed by atoms with Crippen LogP contribution in [0.25, 0.3) is 0 Å². The van der Waals surface area contributed by atoms with Crippen molar-refractivity contribution in [1.82, 2.24) is 4.47 Å². The highest BCUT2D eigenvalue weighted by Crippen LogP contribution is 2.44. The molecule has 1 heterocycles. The summed E-state index contributed by atoms with van der Waals surface area (Å²) in [6.07, 6.45) is -0.783. The number of nitrogens with zero attached hydrogens (tertiary/aromatic N) is 2. The summed E-state index contributed by atoms with van der Waals surface area (Å²) < 4.78 is 25.5. The fourth-order valence-electron chi connectivity index (χ4n) is 1.94. The van der Waals surface area contributed by atoms with E-state index in [9.17, 15) is 18.5 Å². The molecular formula is C13H9ClN2O5S. The van der Waals surface area contributed by atoms with Crippen LogP contribution in [0, 0.1) is 10.1 Å². The fourth-order valence-corrected chi connectivity index (χ4v) is 3.42. The molecule has 7 nitrogen and oxygen atoms in total. The molecule has 2 aromatic rings. The van der Waals surface area contributed by atoms with E-state index in [2.05, 4.69) is 0 Å². The Labute approximate surface area is 130 Å². The Balaban J connectivity index is 1.86. The highest BCUT2D eigenvalue weighted by molar-refractivity contribution is 7.89. The highest BCUT2D eigenvalue weighted by Gasteiger charge is 2.49. The number of hydrogen-bond donors (Lipinski definition) is 0. The average Bonchev–Trinajstić information content (AvgIpc) is 3.29. The minimum absolute atomic E-state index is 0.0901. The number of nitro benzene ring substituents is 1. The lowest BCUT2D eigenvalue weighted by molar-refractivity contribution is -0.384. The molecule has 2 unspecified atom stereocenters. The lowest BCUT2D eigenvalue weighted by atomic mass is 10.2. The first-order valence-corrected chi connectivity index (χ1v) is 7.93. The van der Waals surface area contributed by atoms with Crippen LogP contribution < -0.4 is 0 Å². The second kappa shape index (κ2) is 5.33. The molecule has 2 aromatic carbocycles. The SMILES string of the molecule is O=[N+]([O-])c1ccc(S(=O)(=O)N2OC2c2ccccc2Cl)cc1. The van der Waals surface area contributed by atoms with E-state index in [1.807, 2.05) is 0 Å². The molecule has 9 heteroatoms. The number of benzene rings is 2. The molecule has 1 aliphatic rings. The summed E-state index contributed by atoms with van der Waals surface area (Å²) in [4.78, 5) is 15.0. The predicted molar refractivity (Wildman–Crippen MR) is 77.4 cm³/mol. The summed E-state index contributed by atoms with van der Waals surface area (Å²) in [5, 5.41) is 11.0. The topological polar surface area (TPSA) is 92.8 Å². The molecule has 114 valence electrons. The Morgan fingerprint density at radius 2 is 1.77 bits per heavy atom. The van der Waals surface area contributed by atoms with E-state index >= 15 is 0 Å². The minimum atomic E-state index is -3.89. The highest BCUT2D eigenvalue weighted by atomic mass is 35.5. The fraction of sp³-hybridized carbons (Fsp3) is 0.0769. The van der Waals surface area contributed by atoms with Crippen molar-refractivity contribution in [3.05, 3.63) is 69.2 Å². The number of hydrogen-bond acceptors (Lipinski definition) is 5. The Morgan fingerprint density at radius 3 is 2.36 bits per heavy atom. The van der Waals surface area contributed by atoms with Gasteiger partial charge in [-0.3, -0.25) is 15.0 Å². The molecule has 0 spiro atoms. The molecule has 3 rings (SSSR count). The number of nitro groups is 1. The lowest BCUT2D eigenvalue weighted by Gasteiger charge is -2.03. The number of halogens is 1. The lowest BCUT2D eigenvalue weighted by Crippen LogP contribution is -2.12. The summed E-state index contributed by atoms with van der Waals surface area (Å²) in [5.74, 6) is 0. The van der Waals surface area contributed by atoms with Crippen LogP contribution in [-0.4, -0.2) is 17.8 Å². The van der Waals surface area contributed by atoms with Crippen molar-refractivity contribution in [2.75, 3.05) is 0 Å². The van der Waals surface area contributed by atoms with Crippen LogP contribution >= 0.6 is 11.6 Å². The molecule has 1 fully saturated rings. The quantitative estimate of drug-likeness (QED) is 0.484. The molecule has 0 N–H and O–H groups in total. The van der Waals surface area contributed by atoms with Crippen molar-refractivity contribution in [3.8, 4) is 0 Å². The summed E-state index contributed by atoms with van der Waals surface area (Å²) in [5.41, 5.74) is 0.350. The van der Waals surface area contributed by atoms with Crippen LogP contribution in [0.5, 0.6) is 0 Å². The van der Waals surface area contributed by atoms with Gasteiger partial charge in [-0.15, -0.1) is 0 Å². The average molecular weight is 341 g/mol. The largest absolute Gasteiger partial charge is 0.269 e. The van der Waals surface area contributed by atoms with Gasteiger partial charge in [0.25, 0.3) is 15.7 Å². The monoisotopic (exact) mass is 340 g/mol. The van der Waals surface area contributed by atoms with E-state index in [1.165, 1.54) is 12.1 Å². The third-order valence-corrected chi connectivity index (χ3v) is 5.07. The van der Waals surface area contributed by atoms with Crippen molar-refractivity contribution < 1.29 is 18.2 Å². The molecule has 0 aromatic heterocycles. The van der Waals surface area contributed by atoms with Crippen LogP contribution in [0.2, 0.25) is 5.02 Å². The van der Waals surface area contributed by atoms with Gasteiger partial charge in [0.1, 0.15) is 0 Å². The maximum Gasteiger partial charge on any atom is 0.269 e. The predicted octanol–water partition coefficient (Wildman–Crippen LogP) is 2.88. The standard InChI is InChI=1S/C13H9ClN2O5S/c14-12-4-2-1-3-11(12)13-16(21-13)22(19,20)10-7-5-9(6-8-10)15(17)18/h1-8,13H. The van der Waals surface area contributed by atoms with E-state index in [4.69, 9.17) is 16.4 Å². The normalized spacial score (nSPS) is 20.6. The smallest absolute Gasteiger partial charge is 0.258 e. The number of non-ortho nitro benzene ring substituents is 1. The second-order valence-electron chi connectivity index (χ2n) is 4.49. The van der Waals surface area contributed by atoms with Gasteiger partial charge in [0.2, 0.25) is 0 Å². The van der Waals surface area contributed by atoms with Crippen molar-refractivity contribution in [3.63, 3.8) is 0 Å². The molecule has 0 aliphatic carbocycles. The van der Waals surface area contributed by atoms with Gasteiger partial charge in [-0.1, -0.05) is 29.8 Å². The van der Waals surface area contributed by atoms with E-state index in [0.717, 1.165) is 16.6 Å². The summed E-state index contributed by atoms with van der Waals surface area (Å²) >= 11 is 6.00. The van der Waals surface area contributed by atoms with Crippen LogP contribution in [0.1, 0.15) is 11.8 Å². The molecule has 2 atom stereocenters. The third-order valence-electron chi connectivity index (χ3n) is 3.10. The van der Waals surface area contributed by atoms with Gasteiger partial charge in [0.15, 0.2) is 6.23 Å². The van der Waals surface area contributed by atoms with Gasteiger partial charge < -0.3 is 0 Å². The maximum atomic E-state index is 12.4. The first-order valence-electron chi connectivity index (χ1n) is 6.11. The molecule has 0 amide bonds. The molecular weight excluding hydrogens is 332 g/mol. The summed E-state index contributed by atoms with van der Waals surface area (Å²) in [6.45, 7) is 0. The van der Waals surface area contributed by atoms with Gasteiger partial charge in [-0.05, 0) is 22.7 Å². The molecule has 0 saturated carbocycles. The van der Waals surface area contributed by atoms with Crippen molar-refractivity contribution in [1.29, 1.82) is 0 Å². The Bertz CT molecular complexity index is 838. The summed E-state index contributed by atoms with van der Waals surface area (Å²) in [7, 11) is -3.89. The first kappa shape index (κ1) is 14.9. The van der Waals surface area contributed by atoms with Gasteiger partial charge >= 0.3 is 0 Å². The number of sulfonamides is 1. The number of hydroxylamine groups is 1. The molecule has 1 aliphatic heterocycles. The first-order chi connectivity index (χ1) is 10.4. The molecule has 0 bridgehead atoms. The van der Waals surface area contributed by atoms with Crippen molar-refractivity contribution in [2.45, 2.75) is 11.1 Å². The zero-order chi connectivity index (χ0) is 15.9. The zero-order valence-corrected chi connectivity index (χ0v) is 12.5.